The van der Waals surface area contributed by atoms with Crippen LogP contribution in [0.1, 0.15) is 79.2 Å². The Labute approximate surface area is 377 Å². The largest absolute Gasteiger partial charge is 0.382 e. The van der Waals surface area contributed by atoms with Crippen molar-refractivity contribution in [2.45, 2.75) is 52.1 Å². The zero-order valence-electron chi connectivity index (χ0n) is 35.4. The summed E-state index contributed by atoms with van der Waals surface area (Å²) < 4.78 is 13.3. The van der Waals surface area contributed by atoms with Crippen molar-refractivity contribution in [2.75, 3.05) is 64.5 Å². The summed E-state index contributed by atoms with van der Waals surface area (Å²) in [5.41, 5.74) is 7.32. The molecule has 6 amide bonds. The topological polar surface area (TPSA) is 210 Å². The molecule has 6 heterocycles. The smallest absolute Gasteiger partial charge is 0.310 e. The number of nitrogens with zero attached hydrogens (tertiary/aromatic N) is 7. The van der Waals surface area contributed by atoms with E-state index in [2.05, 4.69) is 51.9 Å². The number of thiophene rings is 1. The fourth-order valence-corrected chi connectivity index (χ4v) is 9.30. The summed E-state index contributed by atoms with van der Waals surface area (Å²) >= 11 is 7.85. The number of rotatable bonds is 13. The summed E-state index contributed by atoms with van der Waals surface area (Å²) in [6.45, 7) is 9.06. The number of aryl methyl sites for hydroxylation is 2. The van der Waals surface area contributed by atoms with E-state index in [1.807, 2.05) is 35.8 Å². The maximum Gasteiger partial charge on any atom is 0.310 e. The second kappa shape index (κ2) is 19.2. The Kier molecular flexibility index (Phi) is 13.3. The molecule has 0 aliphatic carbocycles. The monoisotopic (exact) mass is 908 g/mol. The number of amides is 6. The van der Waals surface area contributed by atoms with Crippen molar-refractivity contribution >= 4 is 69.8 Å². The molecule has 0 spiro atoms. The van der Waals surface area contributed by atoms with Crippen molar-refractivity contribution in [3.63, 3.8) is 0 Å². The van der Waals surface area contributed by atoms with Gasteiger partial charge < -0.3 is 19.7 Å². The number of piperidine rings is 1. The maximum atomic E-state index is 13.3. The van der Waals surface area contributed by atoms with Crippen LogP contribution in [0.3, 0.4) is 0 Å². The first-order valence-electron chi connectivity index (χ1n) is 20.8. The van der Waals surface area contributed by atoms with E-state index >= 15 is 0 Å². The highest BCUT2D eigenvalue weighted by Gasteiger charge is 2.45. The first-order chi connectivity index (χ1) is 30.9. The van der Waals surface area contributed by atoms with Crippen molar-refractivity contribution in [2.24, 2.45) is 4.99 Å². The number of carbonyl (C=O) groups excluding carboxylic acids is 6. The lowest BCUT2D eigenvalue weighted by atomic mass is 10.00. The van der Waals surface area contributed by atoms with Gasteiger partial charge in [0, 0.05) is 65.9 Å². The van der Waals surface area contributed by atoms with E-state index in [1.165, 1.54) is 6.07 Å². The van der Waals surface area contributed by atoms with Crippen LogP contribution in [-0.4, -0.2) is 136 Å². The quantitative estimate of drug-likeness (QED) is 0.101. The summed E-state index contributed by atoms with van der Waals surface area (Å²) in [5, 5.41) is 17.4. The Bertz CT molecular complexity index is 2620. The molecule has 1 unspecified atom stereocenters. The van der Waals surface area contributed by atoms with Gasteiger partial charge in [0.05, 0.1) is 49.7 Å². The maximum absolute atomic E-state index is 13.3. The number of halogens is 1. The van der Waals surface area contributed by atoms with Crippen LogP contribution >= 0.6 is 22.9 Å². The van der Waals surface area contributed by atoms with E-state index in [9.17, 15) is 28.8 Å². The number of carbonyl (C=O) groups is 6. The van der Waals surface area contributed by atoms with Gasteiger partial charge in [-0.15, -0.1) is 21.5 Å². The number of piperazine rings is 1. The lowest BCUT2D eigenvalue weighted by Gasteiger charge is -2.34. The van der Waals surface area contributed by atoms with Crippen molar-refractivity contribution in [3.8, 4) is 16.8 Å². The second-order valence-electron chi connectivity index (χ2n) is 15.4. The molecule has 2 atom stereocenters. The lowest BCUT2D eigenvalue weighted by molar-refractivity contribution is -0.137. The molecular formula is C44H45ClN10O8S. The molecule has 0 saturated carbocycles. The Morgan fingerprint density at radius 3 is 2.42 bits per heavy atom. The van der Waals surface area contributed by atoms with Gasteiger partial charge in [-0.2, -0.15) is 0 Å². The molecule has 2 fully saturated rings. The van der Waals surface area contributed by atoms with E-state index < -0.39 is 41.6 Å². The fourth-order valence-electron chi connectivity index (χ4n) is 7.96. The predicted molar refractivity (Wildman–Crippen MR) is 235 cm³/mol. The first-order valence-corrected chi connectivity index (χ1v) is 22.0. The Morgan fingerprint density at radius 1 is 0.922 bits per heavy atom. The van der Waals surface area contributed by atoms with Crippen molar-refractivity contribution < 1.29 is 38.2 Å². The molecular weight excluding hydrogens is 864 g/mol. The number of ether oxygens (including phenoxy) is 2. The van der Waals surface area contributed by atoms with Gasteiger partial charge in [0.2, 0.25) is 17.7 Å². The van der Waals surface area contributed by atoms with Crippen molar-refractivity contribution in [3.05, 3.63) is 91.8 Å². The molecule has 2 aromatic heterocycles. The van der Waals surface area contributed by atoms with Gasteiger partial charge in [0.25, 0.3) is 11.8 Å². The Morgan fingerprint density at radius 2 is 1.67 bits per heavy atom. The summed E-state index contributed by atoms with van der Waals surface area (Å²) in [6.07, 6.45) is 0.314. The minimum absolute atomic E-state index is 0.0433. The highest BCUT2D eigenvalue weighted by atomic mass is 35.5. The molecule has 3 N–H and O–H groups in total. The standard InChI is InChI=1S/C44H45ClN10O8S/c1-25-26(2)64-44-37(25)39(28-7-9-29(45)10-8-28)47-32(40-50-49-27(3)54(40)44)11-13-35(57)51-53-19-17-52(18-20-53)36(58)15-21-62-23-24-63-22-16-46-31-6-4-5-30-38(31)43(61)55(42(30)60)33-12-14-34(56)48-41(33)59/h4-10,32-33,46H,12,14-24H2,1-3H3,(H,51,57)(H,48,56,59)/t32-,33?/m0/s1. The first kappa shape index (κ1) is 44.3. The molecule has 0 radical (unpaired) electrons. The molecule has 4 aromatic rings. The molecule has 18 nitrogen and oxygen atoms in total. The van der Waals surface area contributed by atoms with Gasteiger partial charge in [-0.25, -0.2) is 5.01 Å². The summed E-state index contributed by atoms with van der Waals surface area (Å²) in [4.78, 5) is 85.2. The average Bonchev–Trinajstić information content (AvgIpc) is 3.85. The fraction of sp³-hybridized carbons (Fsp3) is 0.386. The Balaban J connectivity index is 0.751. The summed E-state index contributed by atoms with van der Waals surface area (Å²) in [7, 11) is 0. The number of anilines is 1. The van der Waals surface area contributed by atoms with Crippen LogP contribution in [0.5, 0.6) is 0 Å². The van der Waals surface area contributed by atoms with Crippen LogP contribution < -0.4 is 16.1 Å². The van der Waals surface area contributed by atoms with Crippen molar-refractivity contribution in [1.29, 1.82) is 0 Å². The normalized spacial score (nSPS) is 18.3. The summed E-state index contributed by atoms with van der Waals surface area (Å²) in [5.74, 6) is 4.16. The number of fused-ring (bicyclic) bond motifs is 4. The molecule has 332 valence electrons. The molecule has 0 bridgehead atoms. The third-order valence-electron chi connectivity index (χ3n) is 11.4. The molecule has 8 rings (SSSR count). The zero-order valence-corrected chi connectivity index (χ0v) is 36.9. The van der Waals surface area contributed by atoms with E-state index in [1.54, 1.807) is 33.4 Å². The van der Waals surface area contributed by atoms with Crippen molar-refractivity contribution in [1.82, 2.24) is 40.3 Å². The van der Waals surface area contributed by atoms with Crippen LogP contribution in [0.25, 0.3) is 5.00 Å². The number of aromatic nitrogens is 3. The zero-order chi connectivity index (χ0) is 45.1. The number of hydrogen-bond donors (Lipinski definition) is 3. The van der Waals surface area contributed by atoms with Gasteiger partial charge >= 0.3 is 5.91 Å². The highest BCUT2D eigenvalue weighted by molar-refractivity contribution is 7.15. The number of benzene rings is 2. The second-order valence-corrected chi connectivity index (χ2v) is 17.1. The molecule has 2 saturated heterocycles. The third kappa shape index (κ3) is 9.19. The average molecular weight is 909 g/mol. The summed E-state index contributed by atoms with van der Waals surface area (Å²) in [6, 6.07) is 10.5. The predicted octanol–water partition coefficient (Wildman–Crippen LogP) is 2.91. The van der Waals surface area contributed by atoms with Crippen LogP contribution in [-0.2, 0) is 28.7 Å². The number of hydrogen-bond acceptors (Lipinski definition) is 14. The van der Waals surface area contributed by atoms with E-state index in [4.69, 9.17) is 26.1 Å². The number of nitrogens with one attached hydrogen (secondary N) is 3. The lowest BCUT2D eigenvalue weighted by Crippen LogP contribution is -2.54. The van der Waals surface area contributed by atoms with Gasteiger partial charge in [0.15, 0.2) is 11.9 Å². The third-order valence-corrected chi connectivity index (χ3v) is 12.8. The van der Waals surface area contributed by atoms with Crippen LogP contribution in [0.2, 0.25) is 5.02 Å². The molecule has 20 heteroatoms. The van der Waals surface area contributed by atoms with E-state index in [-0.39, 0.29) is 62.7 Å². The SMILES string of the molecule is Cc1sc2c(c1C)C(c1ccc(Cl)cc1)=N[C@@H](C#CC(=O)NN1CCN(C(=O)CCOCCOCCNc3cccc4c3C(=O)N(C3CCC(=O)NC3=O)C4=O)CC1)c1nnc(C)n1-2. The van der Waals surface area contributed by atoms with Crippen LogP contribution in [0.15, 0.2) is 47.5 Å². The molecule has 4 aliphatic heterocycles. The molecule has 2 aromatic carbocycles. The molecule has 4 aliphatic rings. The molecule has 64 heavy (non-hydrogen) atoms. The van der Waals surface area contributed by atoms with Gasteiger partial charge in [-0.3, -0.25) is 54.0 Å². The minimum Gasteiger partial charge on any atom is -0.382 e. The van der Waals surface area contributed by atoms with E-state index in [0.29, 0.717) is 55.1 Å². The number of aliphatic imine (C=N–C) groups is 1. The highest BCUT2D eigenvalue weighted by Crippen LogP contribution is 2.39. The Hall–Kier alpha value is -6.30. The van der Waals surface area contributed by atoms with Crippen LogP contribution in [0.4, 0.5) is 5.69 Å². The number of imide groups is 2. The van der Waals surface area contributed by atoms with Gasteiger partial charge in [0.1, 0.15) is 16.9 Å². The van der Waals surface area contributed by atoms with Gasteiger partial charge in [-0.05, 0) is 62.9 Å². The minimum atomic E-state index is -1.04. The van der Waals surface area contributed by atoms with E-state index in [0.717, 1.165) is 37.2 Å². The van der Waals surface area contributed by atoms with Gasteiger partial charge in [-0.1, -0.05) is 35.7 Å². The number of hydrazine groups is 1. The van der Waals surface area contributed by atoms with Crippen LogP contribution in [0, 0.1) is 32.6 Å².